The Morgan fingerprint density at radius 2 is 1.52 bits per heavy atom. The Labute approximate surface area is 460 Å². The normalized spacial score (nSPS) is 26.7. The molecular formula is C57H80F3N11O8. The van der Waals surface area contributed by atoms with Crippen molar-refractivity contribution in [3.8, 4) is 0 Å². The van der Waals surface area contributed by atoms with E-state index in [2.05, 4.69) is 67.6 Å². The molecule has 3 aromatic rings. The van der Waals surface area contributed by atoms with Crippen LogP contribution in [-0.4, -0.2) is 148 Å². The molecular weight excluding hydrogens is 1020 g/mol. The van der Waals surface area contributed by atoms with E-state index in [0.29, 0.717) is 89.9 Å². The van der Waals surface area contributed by atoms with Gasteiger partial charge >= 0.3 is 6.18 Å². The number of carbonyl (C=O) groups is 6. The van der Waals surface area contributed by atoms with Gasteiger partial charge in [-0.2, -0.15) is 13.2 Å². The number of nitrogens with zero attached hydrogens (tertiary/aromatic N) is 5. The number of ether oxygens (including phenoxy) is 2. The van der Waals surface area contributed by atoms with Gasteiger partial charge in [-0.1, -0.05) is 6.07 Å². The zero-order valence-electron chi connectivity index (χ0n) is 46.3. The third-order valence-electron chi connectivity index (χ3n) is 16.2. The number of nitrogens with one attached hydrogen (secondary N) is 6. The number of rotatable bonds is 21. The van der Waals surface area contributed by atoms with E-state index in [1.165, 1.54) is 13.0 Å². The number of benzene rings is 1. The molecule has 3 saturated carbocycles. The van der Waals surface area contributed by atoms with Crippen LogP contribution in [0.25, 0.3) is 10.9 Å². The van der Waals surface area contributed by atoms with Gasteiger partial charge in [0.1, 0.15) is 17.7 Å². The first-order chi connectivity index (χ1) is 37.7. The van der Waals surface area contributed by atoms with Crippen molar-refractivity contribution in [1.29, 1.82) is 0 Å². The minimum absolute atomic E-state index is 0.0311. The molecule has 1 aromatic carbocycles. The number of hydrogen-bond acceptors (Lipinski definition) is 13. The van der Waals surface area contributed by atoms with E-state index in [4.69, 9.17) is 9.47 Å². The van der Waals surface area contributed by atoms with Crippen LogP contribution >= 0.6 is 0 Å². The summed E-state index contributed by atoms with van der Waals surface area (Å²) in [5.41, 5.74) is 0.104. The summed E-state index contributed by atoms with van der Waals surface area (Å²) in [6.07, 6.45) is 8.60. The molecule has 4 heterocycles. The number of anilines is 1. The number of aromatic nitrogens is 3. The maximum atomic E-state index is 14.1. The van der Waals surface area contributed by atoms with E-state index in [1.54, 1.807) is 35.3 Å². The van der Waals surface area contributed by atoms with Gasteiger partial charge in [-0.05, 0) is 134 Å². The Kier molecular flexibility index (Phi) is 19.8. The largest absolute Gasteiger partial charge is 0.416 e. The molecule has 3 aliphatic carbocycles. The summed E-state index contributed by atoms with van der Waals surface area (Å²) in [6, 6.07) is 5.43. The molecule has 432 valence electrons. The highest BCUT2D eigenvalue weighted by Crippen LogP contribution is 2.38. The lowest BCUT2D eigenvalue weighted by atomic mass is 9.84. The Bertz CT molecular complexity index is 2610. The Balaban J connectivity index is 0.720. The van der Waals surface area contributed by atoms with Gasteiger partial charge in [0.2, 0.25) is 35.4 Å². The lowest BCUT2D eigenvalue weighted by molar-refractivity contribution is -0.137. The fraction of sp³-hybridized carbons (Fsp3) is 0.667. The molecule has 2 saturated heterocycles. The maximum absolute atomic E-state index is 14.1. The lowest BCUT2D eigenvalue weighted by Crippen LogP contribution is -2.59. The Morgan fingerprint density at radius 1 is 0.810 bits per heavy atom. The quantitative estimate of drug-likeness (QED) is 0.0707. The molecule has 6 amide bonds. The first-order valence-electron chi connectivity index (χ1n) is 28.4. The summed E-state index contributed by atoms with van der Waals surface area (Å²) in [4.78, 5) is 94.9. The molecule has 5 fully saturated rings. The van der Waals surface area contributed by atoms with Crippen molar-refractivity contribution in [2.75, 3.05) is 45.2 Å². The number of likely N-dealkylation sites (tertiary alicyclic amines) is 2. The number of halogens is 3. The topological polar surface area (TPSA) is 238 Å². The molecule has 0 radical (unpaired) electrons. The fourth-order valence-corrected chi connectivity index (χ4v) is 12.3. The average Bonchev–Trinajstić information content (AvgIpc) is 4.04. The Hall–Kier alpha value is -6.00. The highest BCUT2D eigenvalue weighted by atomic mass is 19.4. The number of alkyl halides is 3. The van der Waals surface area contributed by atoms with E-state index in [9.17, 15) is 41.9 Å². The van der Waals surface area contributed by atoms with Gasteiger partial charge in [0.25, 0.3) is 0 Å². The van der Waals surface area contributed by atoms with Gasteiger partial charge in [0.15, 0.2) is 0 Å². The van der Waals surface area contributed by atoms with E-state index in [1.807, 2.05) is 6.07 Å². The molecule has 19 nitrogen and oxygen atoms in total. The average molecular weight is 1100 g/mol. The molecule has 2 aliphatic heterocycles. The second kappa shape index (κ2) is 26.5. The van der Waals surface area contributed by atoms with Crippen molar-refractivity contribution in [2.45, 2.75) is 191 Å². The van der Waals surface area contributed by atoms with Crippen LogP contribution in [0.4, 0.5) is 19.0 Å². The van der Waals surface area contributed by atoms with E-state index in [-0.39, 0.29) is 125 Å². The number of hydrogen-bond donors (Lipinski definition) is 6. The summed E-state index contributed by atoms with van der Waals surface area (Å²) >= 11 is 0. The van der Waals surface area contributed by atoms with Gasteiger partial charge in [0.05, 0.1) is 53.9 Å². The maximum Gasteiger partial charge on any atom is 0.416 e. The van der Waals surface area contributed by atoms with Crippen molar-refractivity contribution < 1.29 is 51.4 Å². The molecule has 5 aliphatic rings. The first kappa shape index (κ1) is 59.1. The highest BCUT2D eigenvalue weighted by Gasteiger charge is 2.44. The summed E-state index contributed by atoms with van der Waals surface area (Å²) in [6.45, 7) is 9.52. The molecule has 0 unspecified atom stereocenters. The highest BCUT2D eigenvalue weighted by molar-refractivity contribution is 5.94. The zero-order valence-corrected chi connectivity index (χ0v) is 46.3. The SMILES string of the molecule is CC(=O)N[C@@H]1C[C@H](NC(C)(C)C)CC[C@@H]1N1CC[C@H](Nc2nc(CCNC(=O)C3CCC(NC(=O)CCCOC4CCC(OCCNC(=O)[C@H]5CC(=O)N(C)[C@@H]5c5cccnc5)CC4)CC3)nc3ccc(C(F)(F)F)cc23)C1=O. The van der Waals surface area contributed by atoms with Gasteiger partial charge in [-0.15, -0.1) is 0 Å². The van der Waals surface area contributed by atoms with Crippen LogP contribution < -0.4 is 31.9 Å². The molecule has 2 aromatic heterocycles. The van der Waals surface area contributed by atoms with Gasteiger partial charge in [-0.25, -0.2) is 9.97 Å². The number of carbonyl (C=O) groups excluding carboxylic acids is 6. The zero-order chi connectivity index (χ0) is 56.4. The van der Waals surface area contributed by atoms with Gasteiger partial charge in [0, 0.05) is 101 Å². The number of fused-ring (bicyclic) bond motifs is 1. The minimum Gasteiger partial charge on any atom is -0.378 e. The van der Waals surface area contributed by atoms with Crippen LogP contribution in [0, 0.1) is 11.8 Å². The summed E-state index contributed by atoms with van der Waals surface area (Å²) in [7, 11) is 1.72. The smallest absolute Gasteiger partial charge is 0.378 e. The van der Waals surface area contributed by atoms with Crippen LogP contribution in [0.3, 0.4) is 0 Å². The predicted octanol–water partition coefficient (Wildman–Crippen LogP) is 5.66. The van der Waals surface area contributed by atoms with Crippen molar-refractivity contribution in [1.82, 2.24) is 51.3 Å². The number of amides is 6. The van der Waals surface area contributed by atoms with E-state index >= 15 is 0 Å². The molecule has 0 bridgehead atoms. The van der Waals surface area contributed by atoms with Gasteiger partial charge in [-0.3, -0.25) is 33.8 Å². The summed E-state index contributed by atoms with van der Waals surface area (Å²) in [5.74, 6) is -1.14. The minimum atomic E-state index is -4.62. The predicted molar refractivity (Wildman–Crippen MR) is 289 cm³/mol. The fourth-order valence-electron chi connectivity index (χ4n) is 12.3. The lowest BCUT2D eigenvalue weighted by Gasteiger charge is -2.43. The summed E-state index contributed by atoms with van der Waals surface area (Å²) < 4.78 is 54.1. The standard InChI is InChI=1S/C57H80F3N11O8/c1-34(72)64-46-31-39(69-56(2,3)4)15-21-47(46)71-27-23-45(55(71)77)67-52-42-30-37(57(58,59)60)12-20-44(42)66-48(68-52)22-25-62-53(75)35-10-13-38(14-11-35)65-49(73)9-7-28-78-40-16-18-41(19-17-40)79-29-26-63-54(76)43-32-50(74)70(5)51(43)36-8-6-24-61-33-36/h6,8,12,20,24,30,33,35,38-41,43,45-47,51,69H,7,9-11,13-19,21-23,25-29,31-32H2,1-5H3,(H,62,75)(H,63,76)(H,64,72)(H,65,73)(H,66,67,68)/t35?,38?,39-,40?,41?,43+,45+,46-,47+,51-/m1/s1. The van der Waals surface area contributed by atoms with Crippen LogP contribution in [0.15, 0.2) is 42.7 Å². The van der Waals surface area contributed by atoms with Crippen molar-refractivity contribution in [2.24, 2.45) is 11.8 Å². The van der Waals surface area contributed by atoms with Crippen molar-refractivity contribution in [3.63, 3.8) is 0 Å². The third-order valence-corrected chi connectivity index (χ3v) is 16.2. The van der Waals surface area contributed by atoms with E-state index < -0.39 is 23.7 Å². The Morgan fingerprint density at radius 3 is 2.20 bits per heavy atom. The second-order valence-electron chi connectivity index (χ2n) is 23.3. The molecule has 6 N–H and O–H groups in total. The molecule has 22 heteroatoms. The first-order valence-corrected chi connectivity index (χ1v) is 28.4. The van der Waals surface area contributed by atoms with Gasteiger partial charge < -0.3 is 51.2 Å². The monoisotopic (exact) mass is 1100 g/mol. The number of pyridine rings is 1. The van der Waals surface area contributed by atoms with Crippen LogP contribution in [-0.2, 0) is 50.8 Å². The molecule has 0 spiro atoms. The molecule has 6 atom stereocenters. The van der Waals surface area contributed by atoms with Crippen LogP contribution in [0.2, 0.25) is 0 Å². The summed E-state index contributed by atoms with van der Waals surface area (Å²) in [5, 5.41) is 19.1. The van der Waals surface area contributed by atoms with Crippen LogP contribution in [0.5, 0.6) is 0 Å². The molecule has 79 heavy (non-hydrogen) atoms. The second-order valence-corrected chi connectivity index (χ2v) is 23.3. The van der Waals surface area contributed by atoms with Crippen LogP contribution in [0.1, 0.15) is 147 Å². The molecule has 8 rings (SSSR count). The van der Waals surface area contributed by atoms with Crippen molar-refractivity contribution >= 4 is 52.2 Å². The van der Waals surface area contributed by atoms with E-state index in [0.717, 1.165) is 49.8 Å². The third kappa shape index (κ3) is 16.1. The van der Waals surface area contributed by atoms with Crippen molar-refractivity contribution in [3.05, 3.63) is 59.7 Å².